The number of hydrogen-bond donors (Lipinski definition) is 1. The number of likely N-dealkylation sites (tertiary alicyclic amines) is 1. The van der Waals surface area contributed by atoms with Crippen LogP contribution >= 0.6 is 0 Å². The number of hydrogen-bond acceptors (Lipinski definition) is 4. The molecule has 0 saturated carbocycles. The van der Waals surface area contributed by atoms with Crippen molar-refractivity contribution in [3.05, 3.63) is 48.0 Å². The lowest BCUT2D eigenvalue weighted by molar-refractivity contribution is -0.135. The number of nitrogens with zero attached hydrogens (tertiary/aromatic N) is 3. The molecule has 2 aliphatic heterocycles. The van der Waals surface area contributed by atoms with Crippen molar-refractivity contribution in [2.75, 3.05) is 45.9 Å². The Kier molecular flexibility index (Phi) is 6.80. The zero-order valence-electron chi connectivity index (χ0n) is 17.3. The van der Waals surface area contributed by atoms with Gasteiger partial charge >= 0.3 is 0 Å². The molecule has 156 valence electrons. The summed E-state index contributed by atoms with van der Waals surface area (Å²) in [5.74, 6) is 0.250. The number of carbonyl (C=O) groups excluding carboxylic acids is 1. The van der Waals surface area contributed by atoms with Crippen LogP contribution in [0.2, 0.25) is 0 Å². The fourth-order valence-electron chi connectivity index (χ4n) is 4.84. The summed E-state index contributed by atoms with van der Waals surface area (Å²) < 4.78 is 0. The minimum absolute atomic E-state index is 0.211. The molecule has 29 heavy (non-hydrogen) atoms. The molecular weight excluding hydrogens is 362 g/mol. The van der Waals surface area contributed by atoms with Crippen LogP contribution in [0.4, 0.5) is 0 Å². The number of piperazine rings is 1. The maximum absolute atomic E-state index is 12.9. The average Bonchev–Trinajstić information content (AvgIpc) is 2.76. The predicted molar refractivity (Wildman–Crippen MR) is 117 cm³/mol. The highest BCUT2D eigenvalue weighted by atomic mass is 16.3. The smallest absolute Gasteiger partial charge is 0.236 e. The second-order valence-corrected chi connectivity index (χ2v) is 8.43. The maximum atomic E-state index is 12.9. The molecule has 5 heteroatoms. The minimum Gasteiger partial charge on any atom is -0.396 e. The highest BCUT2D eigenvalue weighted by Gasteiger charge is 2.27. The molecule has 1 unspecified atom stereocenters. The maximum Gasteiger partial charge on any atom is 0.236 e. The van der Waals surface area contributed by atoms with Crippen molar-refractivity contribution >= 4 is 16.7 Å². The quantitative estimate of drug-likeness (QED) is 0.817. The van der Waals surface area contributed by atoms with Crippen LogP contribution in [0.5, 0.6) is 0 Å². The molecule has 0 spiro atoms. The zero-order valence-corrected chi connectivity index (χ0v) is 17.3. The highest BCUT2D eigenvalue weighted by molar-refractivity contribution is 5.85. The van der Waals surface area contributed by atoms with E-state index < -0.39 is 0 Å². The number of aliphatic hydroxyl groups excluding tert-OH is 1. The van der Waals surface area contributed by atoms with Gasteiger partial charge in [-0.2, -0.15) is 0 Å². The molecule has 2 fully saturated rings. The van der Waals surface area contributed by atoms with Crippen LogP contribution in [0.15, 0.2) is 42.5 Å². The Hall–Kier alpha value is -1.95. The summed E-state index contributed by atoms with van der Waals surface area (Å²) in [7, 11) is 0. The van der Waals surface area contributed by atoms with Crippen molar-refractivity contribution in [1.29, 1.82) is 0 Å². The molecule has 4 rings (SSSR count). The van der Waals surface area contributed by atoms with Crippen LogP contribution < -0.4 is 0 Å². The Bertz CT molecular complexity index is 809. The van der Waals surface area contributed by atoms with E-state index in [0.717, 1.165) is 58.5 Å². The number of fused-ring (bicyclic) bond motifs is 1. The molecule has 0 bridgehead atoms. The topological polar surface area (TPSA) is 47.0 Å². The Morgan fingerprint density at radius 3 is 2.59 bits per heavy atom. The molecule has 1 amide bonds. The molecule has 0 radical (unpaired) electrons. The first kappa shape index (κ1) is 20.3. The second kappa shape index (κ2) is 9.70. The van der Waals surface area contributed by atoms with E-state index in [2.05, 4.69) is 52.3 Å². The Balaban J connectivity index is 1.30. The van der Waals surface area contributed by atoms with Gasteiger partial charge in [0.25, 0.3) is 0 Å². The van der Waals surface area contributed by atoms with E-state index in [1.54, 1.807) is 0 Å². The standard InChI is InChI=1S/C24H33N3O2/c28-17-11-22-9-3-4-12-27(22)19-24(29)26-15-13-25(14-16-26)18-21-8-5-7-20-6-1-2-10-23(20)21/h1-2,5-8,10,22,28H,3-4,9,11-19H2. The first-order chi connectivity index (χ1) is 14.2. The van der Waals surface area contributed by atoms with Gasteiger partial charge in [-0.1, -0.05) is 48.9 Å². The van der Waals surface area contributed by atoms with Crippen molar-refractivity contribution in [1.82, 2.24) is 14.7 Å². The molecule has 2 aliphatic rings. The molecular formula is C24H33N3O2. The summed E-state index contributed by atoms with van der Waals surface area (Å²) in [5, 5.41) is 11.9. The molecule has 0 aromatic heterocycles. The van der Waals surface area contributed by atoms with Gasteiger partial charge in [0.05, 0.1) is 6.54 Å². The Morgan fingerprint density at radius 1 is 0.966 bits per heavy atom. The first-order valence-corrected chi connectivity index (χ1v) is 11.1. The van der Waals surface area contributed by atoms with Crippen LogP contribution in [0, 0.1) is 0 Å². The fraction of sp³-hybridized carbons (Fsp3) is 0.542. The van der Waals surface area contributed by atoms with Crippen molar-refractivity contribution in [3.63, 3.8) is 0 Å². The Labute approximate surface area is 173 Å². The molecule has 5 nitrogen and oxygen atoms in total. The number of amides is 1. The van der Waals surface area contributed by atoms with E-state index in [1.165, 1.54) is 22.8 Å². The van der Waals surface area contributed by atoms with E-state index in [0.29, 0.717) is 12.6 Å². The molecule has 0 aliphatic carbocycles. The highest BCUT2D eigenvalue weighted by Crippen LogP contribution is 2.22. The minimum atomic E-state index is 0.211. The molecule has 2 aromatic rings. The number of carbonyl (C=O) groups is 1. The molecule has 2 heterocycles. The monoisotopic (exact) mass is 395 g/mol. The van der Waals surface area contributed by atoms with E-state index >= 15 is 0 Å². The van der Waals surface area contributed by atoms with E-state index in [1.807, 2.05) is 4.90 Å². The molecule has 2 aromatic carbocycles. The van der Waals surface area contributed by atoms with Gasteiger partial charge < -0.3 is 10.0 Å². The summed E-state index contributed by atoms with van der Waals surface area (Å²) in [6, 6.07) is 15.4. The van der Waals surface area contributed by atoms with Gasteiger partial charge in [-0.25, -0.2) is 0 Å². The lowest BCUT2D eigenvalue weighted by atomic mass is 9.99. The van der Waals surface area contributed by atoms with E-state index in [9.17, 15) is 9.90 Å². The summed E-state index contributed by atoms with van der Waals surface area (Å²) in [4.78, 5) is 19.6. The largest absolute Gasteiger partial charge is 0.396 e. The molecule has 2 saturated heterocycles. The predicted octanol–water partition coefficient (Wildman–Crippen LogP) is 2.72. The van der Waals surface area contributed by atoms with Crippen molar-refractivity contribution in [2.24, 2.45) is 0 Å². The summed E-state index contributed by atoms with van der Waals surface area (Å²) in [5.41, 5.74) is 1.36. The number of rotatable bonds is 6. The van der Waals surface area contributed by atoms with Crippen molar-refractivity contribution in [2.45, 2.75) is 38.3 Å². The van der Waals surface area contributed by atoms with E-state index in [-0.39, 0.29) is 12.5 Å². The van der Waals surface area contributed by atoms with Crippen LogP contribution in [-0.4, -0.2) is 77.6 Å². The van der Waals surface area contributed by atoms with Crippen LogP contribution in [0.1, 0.15) is 31.2 Å². The zero-order chi connectivity index (χ0) is 20.1. The number of aliphatic hydroxyl groups is 1. The first-order valence-electron chi connectivity index (χ1n) is 11.1. The van der Waals surface area contributed by atoms with E-state index in [4.69, 9.17) is 0 Å². The van der Waals surface area contributed by atoms with Crippen LogP contribution in [-0.2, 0) is 11.3 Å². The lowest BCUT2D eigenvalue weighted by Crippen LogP contribution is -2.52. The van der Waals surface area contributed by atoms with Crippen molar-refractivity contribution in [3.8, 4) is 0 Å². The van der Waals surface area contributed by atoms with Gasteiger partial charge in [0.15, 0.2) is 0 Å². The van der Waals surface area contributed by atoms with Crippen LogP contribution in [0.3, 0.4) is 0 Å². The number of benzene rings is 2. The SMILES string of the molecule is O=C(CN1CCCCC1CCO)N1CCN(Cc2cccc3ccccc23)CC1. The third-order valence-corrected chi connectivity index (χ3v) is 6.55. The summed E-state index contributed by atoms with van der Waals surface area (Å²) in [6.07, 6.45) is 4.26. The number of piperidine rings is 1. The normalized spacial score (nSPS) is 21.6. The molecule has 1 N–H and O–H groups in total. The van der Waals surface area contributed by atoms with Gasteiger partial charge in [-0.3, -0.25) is 14.6 Å². The third-order valence-electron chi connectivity index (χ3n) is 6.55. The molecule has 1 atom stereocenters. The van der Waals surface area contributed by atoms with Crippen LogP contribution in [0.25, 0.3) is 10.8 Å². The van der Waals surface area contributed by atoms with Gasteiger partial charge in [0.2, 0.25) is 5.91 Å². The summed E-state index contributed by atoms with van der Waals surface area (Å²) in [6.45, 7) is 6.11. The third kappa shape index (κ3) is 4.97. The summed E-state index contributed by atoms with van der Waals surface area (Å²) >= 11 is 0. The lowest BCUT2D eigenvalue weighted by Gasteiger charge is -2.39. The van der Waals surface area contributed by atoms with Gasteiger partial charge in [0, 0.05) is 45.4 Å². The van der Waals surface area contributed by atoms with Crippen molar-refractivity contribution < 1.29 is 9.90 Å². The van der Waals surface area contributed by atoms with Gasteiger partial charge in [-0.15, -0.1) is 0 Å². The second-order valence-electron chi connectivity index (χ2n) is 8.43. The van der Waals surface area contributed by atoms with Gasteiger partial charge in [0.1, 0.15) is 0 Å². The van der Waals surface area contributed by atoms with Gasteiger partial charge in [-0.05, 0) is 42.1 Å². The average molecular weight is 396 g/mol. The fourth-order valence-corrected chi connectivity index (χ4v) is 4.84. The Morgan fingerprint density at radius 2 is 1.76 bits per heavy atom.